The minimum atomic E-state index is -2.73. The summed E-state index contributed by atoms with van der Waals surface area (Å²) < 4.78 is 37.3. The van der Waals surface area contributed by atoms with Crippen molar-refractivity contribution >= 4 is 11.5 Å². The van der Waals surface area contributed by atoms with Crippen LogP contribution in [0.2, 0.25) is 0 Å². The van der Waals surface area contributed by atoms with Crippen LogP contribution in [0.5, 0.6) is 11.5 Å². The van der Waals surface area contributed by atoms with Crippen LogP contribution in [-0.4, -0.2) is 26.6 Å². The fourth-order valence-corrected chi connectivity index (χ4v) is 2.28. The number of rotatable bonds is 4. The molecule has 9 heteroatoms. The zero-order valence-corrected chi connectivity index (χ0v) is 11.7. The van der Waals surface area contributed by atoms with Crippen LogP contribution in [0.1, 0.15) is 17.8 Å². The van der Waals surface area contributed by atoms with E-state index >= 15 is 0 Å². The van der Waals surface area contributed by atoms with E-state index in [1.807, 2.05) is 18.2 Å². The van der Waals surface area contributed by atoms with Crippen LogP contribution in [0, 0.1) is 0 Å². The van der Waals surface area contributed by atoms with Crippen LogP contribution in [0.25, 0.3) is 5.65 Å². The lowest BCUT2D eigenvalue weighted by molar-refractivity contribution is 0.137. The lowest BCUT2D eigenvalue weighted by atomic mass is 10.2. The van der Waals surface area contributed by atoms with Gasteiger partial charge in [0.05, 0.1) is 0 Å². The number of hydrogen-bond acceptors (Lipinski definition) is 6. The van der Waals surface area contributed by atoms with Crippen molar-refractivity contribution in [1.82, 2.24) is 19.8 Å². The second-order valence-corrected chi connectivity index (χ2v) is 4.89. The monoisotopic (exact) mass is 319 g/mol. The number of fused-ring (bicyclic) bond motifs is 2. The van der Waals surface area contributed by atoms with E-state index in [1.165, 1.54) is 0 Å². The Morgan fingerprint density at radius 3 is 2.87 bits per heavy atom. The molecule has 2 aromatic heterocycles. The SMILES string of the molecule is FC(F)c1nnc2ccc(NCc3ccc4c(c3)OCO4)nn12. The molecule has 0 saturated heterocycles. The molecule has 118 valence electrons. The third-order valence-electron chi connectivity index (χ3n) is 3.39. The van der Waals surface area contributed by atoms with E-state index in [1.54, 1.807) is 12.1 Å². The highest BCUT2D eigenvalue weighted by Gasteiger charge is 2.17. The van der Waals surface area contributed by atoms with Crippen molar-refractivity contribution in [3.05, 3.63) is 41.7 Å². The fraction of sp³-hybridized carbons (Fsp3) is 0.214. The van der Waals surface area contributed by atoms with Crippen LogP contribution in [0.3, 0.4) is 0 Å². The number of ether oxygens (including phenoxy) is 2. The molecule has 1 aromatic carbocycles. The highest BCUT2D eigenvalue weighted by atomic mass is 19.3. The van der Waals surface area contributed by atoms with E-state index < -0.39 is 12.2 Å². The third-order valence-corrected chi connectivity index (χ3v) is 3.39. The van der Waals surface area contributed by atoms with Gasteiger partial charge in [0, 0.05) is 6.54 Å². The molecule has 0 bridgehead atoms. The predicted octanol–water partition coefficient (Wildman–Crippen LogP) is 2.40. The summed E-state index contributed by atoms with van der Waals surface area (Å²) in [4.78, 5) is 0. The van der Waals surface area contributed by atoms with Crippen molar-refractivity contribution in [3.8, 4) is 11.5 Å². The van der Waals surface area contributed by atoms with Crippen LogP contribution >= 0.6 is 0 Å². The van der Waals surface area contributed by atoms with Gasteiger partial charge in [-0.05, 0) is 29.8 Å². The summed E-state index contributed by atoms with van der Waals surface area (Å²) in [6.07, 6.45) is -2.73. The molecule has 7 nitrogen and oxygen atoms in total. The molecule has 0 unspecified atom stereocenters. The van der Waals surface area contributed by atoms with Crippen molar-refractivity contribution in [1.29, 1.82) is 0 Å². The van der Waals surface area contributed by atoms with Crippen molar-refractivity contribution in [3.63, 3.8) is 0 Å². The van der Waals surface area contributed by atoms with Crippen LogP contribution in [0.4, 0.5) is 14.6 Å². The maximum Gasteiger partial charge on any atom is 0.299 e. The Bertz CT molecular complexity index is 867. The van der Waals surface area contributed by atoms with Crippen LogP contribution in [-0.2, 0) is 6.54 Å². The van der Waals surface area contributed by atoms with E-state index in [2.05, 4.69) is 20.6 Å². The van der Waals surface area contributed by atoms with Gasteiger partial charge in [0.25, 0.3) is 6.43 Å². The van der Waals surface area contributed by atoms with Gasteiger partial charge in [0.1, 0.15) is 5.82 Å². The minimum Gasteiger partial charge on any atom is -0.454 e. The number of nitrogens with one attached hydrogen (secondary N) is 1. The highest BCUT2D eigenvalue weighted by Crippen LogP contribution is 2.32. The maximum absolute atomic E-state index is 12.8. The number of anilines is 1. The zero-order valence-electron chi connectivity index (χ0n) is 11.7. The van der Waals surface area contributed by atoms with Gasteiger partial charge in [0.2, 0.25) is 12.6 Å². The topological polar surface area (TPSA) is 73.6 Å². The fourth-order valence-electron chi connectivity index (χ4n) is 2.28. The summed E-state index contributed by atoms with van der Waals surface area (Å²) in [6.45, 7) is 0.676. The number of aromatic nitrogens is 4. The normalized spacial score (nSPS) is 13.0. The summed E-state index contributed by atoms with van der Waals surface area (Å²) in [5.41, 5.74) is 1.22. The summed E-state index contributed by atoms with van der Waals surface area (Å²) >= 11 is 0. The van der Waals surface area contributed by atoms with E-state index in [4.69, 9.17) is 9.47 Å². The first-order valence-corrected chi connectivity index (χ1v) is 6.83. The van der Waals surface area contributed by atoms with Crippen molar-refractivity contribution in [2.24, 2.45) is 0 Å². The first kappa shape index (κ1) is 13.7. The van der Waals surface area contributed by atoms with E-state index in [9.17, 15) is 8.78 Å². The number of alkyl halides is 2. The Morgan fingerprint density at radius 1 is 1.13 bits per heavy atom. The van der Waals surface area contributed by atoms with Gasteiger partial charge in [-0.1, -0.05) is 6.07 Å². The largest absolute Gasteiger partial charge is 0.454 e. The maximum atomic E-state index is 12.8. The van der Waals surface area contributed by atoms with E-state index in [0.29, 0.717) is 23.9 Å². The smallest absolute Gasteiger partial charge is 0.299 e. The minimum absolute atomic E-state index is 0.217. The average Bonchev–Trinajstić information content (AvgIpc) is 3.18. The second kappa shape index (κ2) is 5.34. The van der Waals surface area contributed by atoms with Crippen molar-refractivity contribution in [2.45, 2.75) is 13.0 Å². The van der Waals surface area contributed by atoms with Crippen molar-refractivity contribution < 1.29 is 18.3 Å². The Kier molecular flexibility index (Phi) is 3.18. The molecule has 0 amide bonds. The number of benzene rings is 1. The molecule has 0 fully saturated rings. The van der Waals surface area contributed by atoms with Gasteiger partial charge in [0.15, 0.2) is 17.1 Å². The first-order chi connectivity index (χ1) is 11.2. The predicted molar refractivity (Wildman–Crippen MR) is 75.6 cm³/mol. The quantitative estimate of drug-likeness (QED) is 0.796. The molecule has 3 heterocycles. The summed E-state index contributed by atoms with van der Waals surface area (Å²) in [7, 11) is 0. The Morgan fingerprint density at radius 2 is 2.00 bits per heavy atom. The van der Waals surface area contributed by atoms with E-state index in [-0.39, 0.29) is 12.4 Å². The van der Waals surface area contributed by atoms with E-state index in [0.717, 1.165) is 10.1 Å². The number of hydrogen-bond donors (Lipinski definition) is 1. The van der Waals surface area contributed by atoms with Gasteiger partial charge in [-0.15, -0.1) is 15.3 Å². The number of nitrogens with zero attached hydrogens (tertiary/aromatic N) is 4. The molecule has 1 N–H and O–H groups in total. The molecule has 3 aromatic rings. The van der Waals surface area contributed by atoms with Gasteiger partial charge in [-0.2, -0.15) is 4.52 Å². The molecule has 0 aliphatic carbocycles. The Balaban J connectivity index is 1.54. The Labute approximate surface area is 128 Å². The second-order valence-electron chi connectivity index (χ2n) is 4.89. The van der Waals surface area contributed by atoms with Gasteiger partial charge in [-0.3, -0.25) is 0 Å². The lowest BCUT2D eigenvalue weighted by Crippen LogP contribution is -2.06. The molecule has 4 rings (SSSR count). The summed E-state index contributed by atoms with van der Waals surface area (Å²) in [5.74, 6) is 1.36. The molecular weight excluding hydrogens is 308 g/mol. The molecular formula is C14H11F2N5O2. The lowest BCUT2D eigenvalue weighted by Gasteiger charge is -2.07. The van der Waals surface area contributed by atoms with Gasteiger partial charge in [-0.25, -0.2) is 8.78 Å². The third kappa shape index (κ3) is 2.50. The van der Waals surface area contributed by atoms with Crippen LogP contribution in [0.15, 0.2) is 30.3 Å². The average molecular weight is 319 g/mol. The van der Waals surface area contributed by atoms with Gasteiger partial charge >= 0.3 is 0 Å². The molecule has 0 saturated carbocycles. The first-order valence-electron chi connectivity index (χ1n) is 6.83. The summed E-state index contributed by atoms with van der Waals surface area (Å²) in [5, 5.41) is 14.2. The summed E-state index contributed by atoms with van der Waals surface area (Å²) in [6, 6.07) is 8.81. The van der Waals surface area contributed by atoms with Gasteiger partial charge < -0.3 is 14.8 Å². The Hall–Kier alpha value is -2.97. The zero-order chi connectivity index (χ0) is 15.8. The molecule has 1 aliphatic heterocycles. The van der Waals surface area contributed by atoms with Crippen LogP contribution < -0.4 is 14.8 Å². The number of halogens is 2. The molecule has 23 heavy (non-hydrogen) atoms. The van der Waals surface area contributed by atoms with Crippen molar-refractivity contribution in [2.75, 3.05) is 12.1 Å². The molecule has 1 aliphatic rings. The highest BCUT2D eigenvalue weighted by molar-refractivity contribution is 5.47. The molecule has 0 radical (unpaired) electrons. The molecule has 0 spiro atoms. The molecule has 0 atom stereocenters. The standard InChI is InChI=1S/C14H11F2N5O2/c15-13(16)14-19-18-12-4-3-11(20-21(12)14)17-6-8-1-2-9-10(5-8)23-7-22-9/h1-5,13H,6-7H2,(H,17,20).